The second-order valence-corrected chi connectivity index (χ2v) is 5.70. The van der Waals surface area contributed by atoms with Gasteiger partial charge < -0.3 is 15.5 Å². The molecule has 1 aliphatic heterocycles. The molecule has 106 valence electrons. The molecule has 0 radical (unpaired) electrons. The highest BCUT2D eigenvalue weighted by molar-refractivity contribution is 5.55. The molecule has 2 atom stereocenters. The Balaban J connectivity index is 2.27. The zero-order chi connectivity index (χ0) is 14.0. The smallest absolute Gasteiger partial charge is 0.146 e. The topological polar surface area (TPSA) is 32.5 Å². The average Bonchev–Trinajstić information content (AvgIpc) is 2.32. The number of benzene rings is 1. The summed E-state index contributed by atoms with van der Waals surface area (Å²) in [6.07, 6.45) is 0.716. The van der Waals surface area contributed by atoms with Gasteiger partial charge >= 0.3 is 0 Å². The van der Waals surface area contributed by atoms with Gasteiger partial charge in [-0.25, -0.2) is 4.39 Å². The predicted octanol–water partition coefficient (Wildman–Crippen LogP) is 1.86. The Kier molecular flexibility index (Phi) is 4.42. The van der Waals surface area contributed by atoms with Crippen molar-refractivity contribution in [2.45, 2.75) is 32.4 Å². The number of anilines is 1. The maximum atomic E-state index is 14.2. The van der Waals surface area contributed by atoms with Gasteiger partial charge in [-0.1, -0.05) is 12.1 Å². The van der Waals surface area contributed by atoms with Crippen molar-refractivity contribution < 1.29 is 4.39 Å². The molecule has 4 heteroatoms. The minimum atomic E-state index is -0.130. The minimum absolute atomic E-state index is 0.0467. The third-order valence-electron chi connectivity index (χ3n) is 3.89. The Morgan fingerprint density at radius 2 is 2.16 bits per heavy atom. The molecule has 1 aromatic rings. The molecule has 1 aromatic carbocycles. The molecule has 2 N–H and O–H groups in total. The van der Waals surface area contributed by atoms with Crippen molar-refractivity contribution in [1.29, 1.82) is 0 Å². The fraction of sp³-hybridized carbons (Fsp3) is 0.600. The van der Waals surface area contributed by atoms with E-state index < -0.39 is 0 Å². The fourth-order valence-electron chi connectivity index (χ4n) is 2.68. The highest BCUT2D eigenvalue weighted by Gasteiger charge is 2.24. The largest absolute Gasteiger partial charge is 0.366 e. The van der Waals surface area contributed by atoms with Crippen LogP contribution < -0.4 is 10.6 Å². The summed E-state index contributed by atoms with van der Waals surface area (Å²) < 4.78 is 14.2. The van der Waals surface area contributed by atoms with Gasteiger partial charge in [0.25, 0.3) is 0 Å². The molecule has 19 heavy (non-hydrogen) atoms. The van der Waals surface area contributed by atoms with Crippen molar-refractivity contribution in [2.24, 2.45) is 5.73 Å². The Hall–Kier alpha value is -1.13. The maximum Gasteiger partial charge on any atom is 0.146 e. The number of halogens is 1. The van der Waals surface area contributed by atoms with Crippen LogP contribution in [0.2, 0.25) is 0 Å². The molecule has 1 fully saturated rings. The third-order valence-corrected chi connectivity index (χ3v) is 3.89. The van der Waals surface area contributed by atoms with Crippen LogP contribution in [0.3, 0.4) is 0 Å². The van der Waals surface area contributed by atoms with E-state index in [-0.39, 0.29) is 11.9 Å². The summed E-state index contributed by atoms with van der Waals surface area (Å²) in [4.78, 5) is 4.47. The van der Waals surface area contributed by atoms with Gasteiger partial charge in [0.2, 0.25) is 0 Å². The van der Waals surface area contributed by atoms with E-state index in [0.717, 1.165) is 30.9 Å². The Morgan fingerprint density at radius 1 is 1.42 bits per heavy atom. The standard InChI is InChI=1S/C15H24FN3/c1-11(17)9-13-5-4-6-14(16)15(13)19-8-7-18(3)12(2)10-19/h4-6,11-12H,7-10,17H2,1-3H3. The van der Waals surface area contributed by atoms with Gasteiger partial charge in [0.15, 0.2) is 0 Å². The molecule has 0 aromatic heterocycles. The first kappa shape index (κ1) is 14.3. The lowest BCUT2D eigenvalue weighted by molar-refractivity contribution is 0.233. The van der Waals surface area contributed by atoms with Gasteiger partial charge in [0.05, 0.1) is 5.69 Å². The summed E-state index contributed by atoms with van der Waals surface area (Å²) in [5, 5.41) is 0. The quantitative estimate of drug-likeness (QED) is 0.905. The summed E-state index contributed by atoms with van der Waals surface area (Å²) in [5.41, 5.74) is 7.64. The Morgan fingerprint density at radius 3 is 2.79 bits per heavy atom. The van der Waals surface area contributed by atoms with Crippen LogP contribution in [0.4, 0.5) is 10.1 Å². The minimum Gasteiger partial charge on any atom is -0.366 e. The molecule has 2 unspecified atom stereocenters. The van der Waals surface area contributed by atoms with E-state index in [9.17, 15) is 4.39 Å². The van der Waals surface area contributed by atoms with E-state index in [1.54, 1.807) is 12.1 Å². The van der Waals surface area contributed by atoms with Crippen LogP contribution in [-0.4, -0.2) is 43.7 Å². The lowest BCUT2D eigenvalue weighted by atomic mass is 10.0. The Bertz CT molecular complexity index is 433. The van der Waals surface area contributed by atoms with Crippen LogP contribution in [0.1, 0.15) is 19.4 Å². The first-order valence-electron chi connectivity index (χ1n) is 6.97. The number of hydrogen-bond acceptors (Lipinski definition) is 3. The Labute approximate surface area is 115 Å². The van der Waals surface area contributed by atoms with Crippen molar-refractivity contribution >= 4 is 5.69 Å². The van der Waals surface area contributed by atoms with Crippen LogP contribution in [-0.2, 0) is 6.42 Å². The van der Waals surface area contributed by atoms with Crippen molar-refractivity contribution in [1.82, 2.24) is 4.90 Å². The molecule has 1 saturated heterocycles. The number of hydrogen-bond donors (Lipinski definition) is 1. The summed E-state index contributed by atoms with van der Waals surface area (Å²) >= 11 is 0. The average molecular weight is 265 g/mol. The SMILES string of the molecule is CC(N)Cc1cccc(F)c1N1CCN(C)C(C)C1. The molecular formula is C15H24FN3. The van der Waals surface area contributed by atoms with Crippen molar-refractivity contribution in [3.63, 3.8) is 0 Å². The van der Waals surface area contributed by atoms with Gasteiger partial charge in [-0.05, 0) is 38.9 Å². The molecule has 0 saturated carbocycles. The summed E-state index contributed by atoms with van der Waals surface area (Å²) in [5.74, 6) is -0.130. The van der Waals surface area contributed by atoms with Crippen LogP contribution >= 0.6 is 0 Å². The second kappa shape index (κ2) is 5.88. The molecule has 0 spiro atoms. The molecule has 0 bridgehead atoms. The van der Waals surface area contributed by atoms with Crippen LogP contribution in [0.5, 0.6) is 0 Å². The van der Waals surface area contributed by atoms with Crippen LogP contribution in [0.25, 0.3) is 0 Å². The van der Waals surface area contributed by atoms with Crippen LogP contribution in [0, 0.1) is 5.82 Å². The summed E-state index contributed by atoms with van der Waals surface area (Å²) in [7, 11) is 2.12. The fourth-order valence-corrected chi connectivity index (χ4v) is 2.68. The summed E-state index contributed by atoms with van der Waals surface area (Å²) in [6, 6.07) is 5.80. The van der Waals surface area contributed by atoms with Gasteiger partial charge in [-0.3, -0.25) is 0 Å². The van der Waals surface area contributed by atoms with Gasteiger partial charge in [0, 0.05) is 31.7 Å². The van der Waals surface area contributed by atoms with Crippen molar-refractivity contribution in [3.8, 4) is 0 Å². The molecule has 3 nitrogen and oxygen atoms in total. The number of nitrogens with zero attached hydrogens (tertiary/aromatic N) is 2. The first-order valence-corrected chi connectivity index (χ1v) is 6.97. The lowest BCUT2D eigenvalue weighted by Crippen LogP contribution is -2.50. The molecule has 1 heterocycles. The van der Waals surface area contributed by atoms with E-state index in [0.29, 0.717) is 12.5 Å². The number of nitrogens with two attached hydrogens (primary N) is 1. The van der Waals surface area contributed by atoms with E-state index >= 15 is 0 Å². The zero-order valence-electron chi connectivity index (χ0n) is 12.1. The molecule has 0 amide bonds. The number of rotatable bonds is 3. The second-order valence-electron chi connectivity index (χ2n) is 5.70. The zero-order valence-corrected chi connectivity index (χ0v) is 12.1. The number of piperazine rings is 1. The predicted molar refractivity (Wildman–Crippen MR) is 78.1 cm³/mol. The molecule has 0 aliphatic carbocycles. The lowest BCUT2D eigenvalue weighted by Gasteiger charge is -2.40. The normalized spacial score (nSPS) is 22.6. The van der Waals surface area contributed by atoms with Crippen molar-refractivity contribution in [3.05, 3.63) is 29.6 Å². The van der Waals surface area contributed by atoms with Gasteiger partial charge in [0.1, 0.15) is 5.82 Å². The third kappa shape index (κ3) is 3.25. The number of para-hydroxylation sites is 1. The van der Waals surface area contributed by atoms with Gasteiger partial charge in [-0.15, -0.1) is 0 Å². The van der Waals surface area contributed by atoms with E-state index in [2.05, 4.69) is 23.8 Å². The molecular weight excluding hydrogens is 241 g/mol. The summed E-state index contributed by atoms with van der Waals surface area (Å²) in [6.45, 7) is 6.84. The van der Waals surface area contributed by atoms with Crippen LogP contribution in [0.15, 0.2) is 18.2 Å². The van der Waals surface area contributed by atoms with E-state index in [1.165, 1.54) is 0 Å². The molecule has 1 aliphatic rings. The molecule has 2 rings (SSSR count). The number of likely N-dealkylation sites (N-methyl/N-ethyl adjacent to an activating group) is 1. The van der Waals surface area contributed by atoms with Gasteiger partial charge in [-0.2, -0.15) is 0 Å². The first-order chi connectivity index (χ1) is 8.99. The monoisotopic (exact) mass is 265 g/mol. The van der Waals surface area contributed by atoms with Crippen molar-refractivity contribution in [2.75, 3.05) is 31.6 Å². The van der Waals surface area contributed by atoms with E-state index in [4.69, 9.17) is 5.73 Å². The van der Waals surface area contributed by atoms with E-state index in [1.807, 2.05) is 13.0 Å². The maximum absolute atomic E-state index is 14.2. The highest BCUT2D eigenvalue weighted by Crippen LogP contribution is 2.27. The highest BCUT2D eigenvalue weighted by atomic mass is 19.1.